The van der Waals surface area contributed by atoms with Crippen molar-refractivity contribution < 1.29 is 13.2 Å². The number of morpholine rings is 1. The molecule has 22 heavy (non-hydrogen) atoms. The van der Waals surface area contributed by atoms with E-state index < -0.39 is 10.2 Å². The fourth-order valence-electron chi connectivity index (χ4n) is 2.41. The van der Waals surface area contributed by atoms with E-state index in [0.717, 1.165) is 11.4 Å². The maximum Gasteiger partial charge on any atom is 0.279 e. The first kappa shape index (κ1) is 17.1. The molecular weight excluding hydrogens is 304 g/mol. The third-order valence-electron chi connectivity index (χ3n) is 3.45. The van der Waals surface area contributed by atoms with Crippen molar-refractivity contribution >= 4 is 16.0 Å². The lowest BCUT2D eigenvalue weighted by atomic mass is 10.2. The van der Waals surface area contributed by atoms with Crippen LogP contribution in [0.25, 0.3) is 0 Å². The predicted octanol–water partition coefficient (Wildman–Crippen LogP) is 0.591. The summed E-state index contributed by atoms with van der Waals surface area (Å²) in [6, 6.07) is 3.67. The summed E-state index contributed by atoms with van der Waals surface area (Å²) in [5.41, 5.74) is 0.872. The van der Waals surface area contributed by atoms with Gasteiger partial charge in [0.15, 0.2) is 0 Å². The Labute approximate surface area is 132 Å². The molecule has 2 atom stereocenters. The Morgan fingerprint density at radius 2 is 2.00 bits per heavy atom. The minimum atomic E-state index is -3.51. The molecule has 1 saturated heterocycles. The first-order valence-corrected chi connectivity index (χ1v) is 8.74. The van der Waals surface area contributed by atoms with Crippen LogP contribution in [-0.4, -0.2) is 57.1 Å². The zero-order valence-electron chi connectivity index (χ0n) is 13.5. The van der Waals surface area contributed by atoms with Gasteiger partial charge in [-0.1, -0.05) is 0 Å². The number of anilines is 1. The Morgan fingerprint density at radius 1 is 1.36 bits per heavy atom. The van der Waals surface area contributed by atoms with Crippen LogP contribution in [0.3, 0.4) is 0 Å². The second-order valence-electron chi connectivity index (χ2n) is 5.82. The molecule has 7 nitrogen and oxygen atoms in total. The van der Waals surface area contributed by atoms with Crippen LogP contribution in [0.5, 0.6) is 0 Å². The molecule has 0 saturated carbocycles. The molecule has 0 radical (unpaired) electrons. The van der Waals surface area contributed by atoms with Gasteiger partial charge in [0.1, 0.15) is 5.82 Å². The normalized spacial score (nSPS) is 23.5. The smallest absolute Gasteiger partial charge is 0.279 e. The average Bonchev–Trinajstić information content (AvgIpc) is 2.44. The minimum absolute atomic E-state index is 0.0957. The lowest BCUT2D eigenvalue weighted by Gasteiger charge is -2.34. The van der Waals surface area contributed by atoms with E-state index in [9.17, 15) is 8.42 Å². The van der Waals surface area contributed by atoms with E-state index in [4.69, 9.17) is 4.74 Å². The van der Waals surface area contributed by atoms with Gasteiger partial charge in [0.05, 0.1) is 12.2 Å². The Balaban J connectivity index is 2.02. The topological polar surface area (TPSA) is 74.8 Å². The lowest BCUT2D eigenvalue weighted by Crippen LogP contribution is -2.51. The number of nitrogens with one attached hydrogen (secondary N) is 1. The van der Waals surface area contributed by atoms with Crippen molar-refractivity contribution in [3.63, 3.8) is 0 Å². The number of hydrogen-bond donors (Lipinski definition) is 1. The molecule has 0 unspecified atom stereocenters. The Morgan fingerprint density at radius 3 is 2.59 bits per heavy atom. The number of hydrogen-bond acceptors (Lipinski definition) is 5. The Bertz CT molecular complexity index is 596. The molecular formula is C14H24N4O3S. The molecule has 0 aromatic carbocycles. The van der Waals surface area contributed by atoms with Gasteiger partial charge in [-0.15, -0.1) is 0 Å². The number of ether oxygens (including phenoxy) is 1. The first-order chi connectivity index (χ1) is 10.3. The van der Waals surface area contributed by atoms with E-state index >= 15 is 0 Å². The van der Waals surface area contributed by atoms with Crippen LogP contribution < -0.4 is 9.62 Å². The fourth-order valence-corrected chi connectivity index (χ4v) is 3.75. The van der Waals surface area contributed by atoms with Crippen molar-refractivity contribution in [3.8, 4) is 0 Å². The van der Waals surface area contributed by atoms with Gasteiger partial charge in [0, 0.05) is 39.9 Å². The summed E-state index contributed by atoms with van der Waals surface area (Å²) in [5, 5.41) is 0. The Kier molecular flexibility index (Phi) is 5.38. The average molecular weight is 328 g/mol. The van der Waals surface area contributed by atoms with Gasteiger partial charge in [-0.2, -0.15) is 17.4 Å². The van der Waals surface area contributed by atoms with Crippen LogP contribution >= 0.6 is 0 Å². The second-order valence-corrected chi connectivity index (χ2v) is 7.57. The summed E-state index contributed by atoms with van der Waals surface area (Å²) in [6.45, 7) is 4.75. The summed E-state index contributed by atoms with van der Waals surface area (Å²) in [6.07, 6.45) is 1.49. The molecule has 1 aliphatic heterocycles. The zero-order chi connectivity index (χ0) is 16.3. The maximum absolute atomic E-state index is 12.4. The van der Waals surface area contributed by atoms with Crippen molar-refractivity contribution in [2.45, 2.75) is 32.6 Å². The number of aromatic nitrogens is 1. The van der Waals surface area contributed by atoms with Crippen LogP contribution in [0.1, 0.15) is 19.4 Å². The highest BCUT2D eigenvalue weighted by Crippen LogP contribution is 2.14. The van der Waals surface area contributed by atoms with E-state index in [1.807, 2.05) is 38.9 Å². The molecule has 0 bridgehead atoms. The second kappa shape index (κ2) is 6.91. The van der Waals surface area contributed by atoms with Gasteiger partial charge in [-0.3, -0.25) is 0 Å². The number of pyridine rings is 1. The summed E-state index contributed by atoms with van der Waals surface area (Å²) in [4.78, 5) is 6.09. The summed E-state index contributed by atoms with van der Waals surface area (Å²) >= 11 is 0. The van der Waals surface area contributed by atoms with Crippen molar-refractivity contribution in [2.24, 2.45) is 0 Å². The summed E-state index contributed by atoms with van der Waals surface area (Å²) in [5.74, 6) is 0.797. The van der Waals surface area contributed by atoms with E-state index in [1.165, 1.54) is 4.31 Å². The quantitative estimate of drug-likeness (QED) is 0.856. The maximum atomic E-state index is 12.4. The van der Waals surface area contributed by atoms with E-state index in [1.54, 1.807) is 12.3 Å². The van der Waals surface area contributed by atoms with Crippen LogP contribution in [0, 0.1) is 0 Å². The molecule has 2 heterocycles. The molecule has 2 rings (SSSR count). The van der Waals surface area contributed by atoms with E-state index in [0.29, 0.717) is 13.1 Å². The van der Waals surface area contributed by atoms with E-state index in [-0.39, 0.29) is 18.8 Å². The molecule has 8 heteroatoms. The number of rotatable bonds is 5. The van der Waals surface area contributed by atoms with Gasteiger partial charge in [0.25, 0.3) is 10.2 Å². The van der Waals surface area contributed by atoms with Crippen LogP contribution in [-0.2, 0) is 21.5 Å². The molecule has 124 valence electrons. The molecule has 1 aromatic rings. The van der Waals surface area contributed by atoms with Crippen molar-refractivity contribution in [1.82, 2.24) is 14.0 Å². The van der Waals surface area contributed by atoms with Gasteiger partial charge < -0.3 is 9.64 Å². The Hall–Kier alpha value is -1.22. The first-order valence-electron chi connectivity index (χ1n) is 7.30. The van der Waals surface area contributed by atoms with Gasteiger partial charge in [-0.25, -0.2) is 4.98 Å². The zero-order valence-corrected chi connectivity index (χ0v) is 14.3. The van der Waals surface area contributed by atoms with Crippen molar-refractivity contribution in [2.75, 3.05) is 32.1 Å². The van der Waals surface area contributed by atoms with Crippen LogP contribution in [0.15, 0.2) is 18.3 Å². The van der Waals surface area contributed by atoms with Gasteiger partial charge >= 0.3 is 0 Å². The summed E-state index contributed by atoms with van der Waals surface area (Å²) < 4.78 is 34.5. The predicted molar refractivity (Wildman–Crippen MR) is 85.9 cm³/mol. The van der Waals surface area contributed by atoms with Gasteiger partial charge in [0.2, 0.25) is 0 Å². The van der Waals surface area contributed by atoms with Crippen LogP contribution in [0.4, 0.5) is 5.82 Å². The molecule has 0 amide bonds. The standard InChI is InChI=1S/C14H24N4O3S/c1-11-9-18(10-12(2)21-11)22(19,20)16-8-13-5-6-15-14(7-13)17(3)4/h5-7,11-12,16H,8-10H2,1-4H3/t11-,12+. The molecule has 0 aliphatic carbocycles. The van der Waals surface area contributed by atoms with Crippen molar-refractivity contribution in [3.05, 3.63) is 23.9 Å². The van der Waals surface area contributed by atoms with Gasteiger partial charge in [-0.05, 0) is 31.5 Å². The van der Waals surface area contributed by atoms with Crippen LogP contribution in [0.2, 0.25) is 0 Å². The van der Waals surface area contributed by atoms with E-state index in [2.05, 4.69) is 9.71 Å². The molecule has 1 N–H and O–H groups in total. The highest BCUT2D eigenvalue weighted by Gasteiger charge is 2.30. The highest BCUT2D eigenvalue weighted by atomic mass is 32.2. The number of nitrogens with zero attached hydrogens (tertiary/aromatic N) is 3. The SMILES string of the molecule is C[C@@H]1CN(S(=O)(=O)NCc2ccnc(N(C)C)c2)C[C@H](C)O1. The molecule has 1 aliphatic rings. The molecule has 1 aromatic heterocycles. The highest BCUT2D eigenvalue weighted by molar-refractivity contribution is 7.87. The third-order valence-corrected chi connectivity index (χ3v) is 4.94. The molecule has 0 spiro atoms. The van der Waals surface area contributed by atoms with Crippen molar-refractivity contribution in [1.29, 1.82) is 0 Å². The minimum Gasteiger partial charge on any atom is -0.373 e. The third kappa shape index (κ3) is 4.39. The lowest BCUT2D eigenvalue weighted by molar-refractivity contribution is -0.0444. The monoisotopic (exact) mass is 328 g/mol. The largest absolute Gasteiger partial charge is 0.373 e. The molecule has 1 fully saturated rings. The fraction of sp³-hybridized carbons (Fsp3) is 0.643. The summed E-state index contributed by atoms with van der Waals surface area (Å²) in [7, 11) is 0.280.